The molecular weight excluding hydrogens is 281 g/mol. The largest absolute Gasteiger partial charge is 0.478 e. The number of aromatic carboxylic acids is 1. The SMILES string of the molecule is O=C(Nc1ccccc1C(=O)O)Sc1ccc(F)cc1. The highest BCUT2D eigenvalue weighted by Crippen LogP contribution is 2.22. The molecule has 0 atom stereocenters. The summed E-state index contributed by atoms with van der Waals surface area (Å²) in [6.45, 7) is 0. The number of carbonyl (C=O) groups excluding carboxylic acids is 1. The topological polar surface area (TPSA) is 66.4 Å². The maximum Gasteiger partial charge on any atom is 0.337 e. The lowest BCUT2D eigenvalue weighted by molar-refractivity contribution is 0.0698. The Labute approximate surface area is 118 Å². The van der Waals surface area contributed by atoms with Crippen molar-refractivity contribution in [3.8, 4) is 0 Å². The molecule has 2 aromatic carbocycles. The van der Waals surface area contributed by atoms with Crippen LogP contribution < -0.4 is 5.32 Å². The van der Waals surface area contributed by atoms with Gasteiger partial charge < -0.3 is 10.4 Å². The van der Waals surface area contributed by atoms with Gasteiger partial charge in [-0.1, -0.05) is 12.1 Å². The Morgan fingerprint density at radius 2 is 1.70 bits per heavy atom. The Hall–Kier alpha value is -2.34. The molecule has 0 aliphatic carbocycles. The summed E-state index contributed by atoms with van der Waals surface area (Å²) in [5, 5.41) is 11.1. The predicted octanol–water partition coefficient (Wildman–Crippen LogP) is 3.85. The molecule has 6 heteroatoms. The van der Waals surface area contributed by atoms with Crippen LogP contribution in [0.1, 0.15) is 10.4 Å². The lowest BCUT2D eigenvalue weighted by atomic mass is 10.2. The van der Waals surface area contributed by atoms with E-state index in [0.717, 1.165) is 11.8 Å². The van der Waals surface area contributed by atoms with Crippen molar-refractivity contribution in [2.24, 2.45) is 0 Å². The first-order valence-corrected chi connectivity index (χ1v) is 6.44. The summed E-state index contributed by atoms with van der Waals surface area (Å²) >= 11 is 0.858. The minimum Gasteiger partial charge on any atom is -0.478 e. The number of anilines is 1. The maximum atomic E-state index is 12.7. The Balaban J connectivity index is 2.08. The van der Waals surface area contributed by atoms with Gasteiger partial charge in [0, 0.05) is 4.90 Å². The van der Waals surface area contributed by atoms with E-state index in [0.29, 0.717) is 4.90 Å². The Morgan fingerprint density at radius 1 is 1.05 bits per heavy atom. The van der Waals surface area contributed by atoms with Crippen LogP contribution in [-0.2, 0) is 0 Å². The van der Waals surface area contributed by atoms with Gasteiger partial charge >= 0.3 is 5.97 Å². The zero-order chi connectivity index (χ0) is 14.5. The van der Waals surface area contributed by atoms with Crippen molar-refractivity contribution in [1.29, 1.82) is 0 Å². The molecule has 102 valence electrons. The van der Waals surface area contributed by atoms with Gasteiger partial charge in [0.25, 0.3) is 5.24 Å². The highest BCUT2D eigenvalue weighted by Gasteiger charge is 2.12. The summed E-state index contributed by atoms with van der Waals surface area (Å²) in [4.78, 5) is 23.4. The third kappa shape index (κ3) is 3.58. The first-order chi connectivity index (χ1) is 9.56. The molecule has 2 aromatic rings. The first kappa shape index (κ1) is 14.1. The molecule has 0 saturated heterocycles. The quantitative estimate of drug-likeness (QED) is 0.843. The molecule has 0 aromatic heterocycles. The fourth-order valence-electron chi connectivity index (χ4n) is 1.52. The molecule has 1 amide bonds. The van der Waals surface area contributed by atoms with Gasteiger partial charge in [-0.3, -0.25) is 4.79 Å². The maximum absolute atomic E-state index is 12.7. The highest BCUT2D eigenvalue weighted by molar-refractivity contribution is 8.13. The zero-order valence-corrected chi connectivity index (χ0v) is 11.0. The fourth-order valence-corrected chi connectivity index (χ4v) is 2.17. The van der Waals surface area contributed by atoms with Gasteiger partial charge in [-0.05, 0) is 48.2 Å². The smallest absolute Gasteiger partial charge is 0.337 e. The number of halogens is 1. The third-order valence-corrected chi connectivity index (χ3v) is 3.21. The van der Waals surface area contributed by atoms with Crippen LogP contribution in [0.2, 0.25) is 0 Å². The summed E-state index contributed by atoms with van der Waals surface area (Å²) in [6.07, 6.45) is 0. The number of carboxylic acid groups (broad SMARTS) is 1. The molecule has 0 aliphatic heterocycles. The van der Waals surface area contributed by atoms with E-state index in [-0.39, 0.29) is 17.1 Å². The van der Waals surface area contributed by atoms with Crippen molar-refractivity contribution in [3.05, 3.63) is 59.9 Å². The number of amides is 1. The number of hydrogen-bond donors (Lipinski definition) is 2. The summed E-state index contributed by atoms with van der Waals surface area (Å²) in [6, 6.07) is 11.6. The van der Waals surface area contributed by atoms with E-state index >= 15 is 0 Å². The summed E-state index contributed by atoms with van der Waals surface area (Å²) in [7, 11) is 0. The predicted molar refractivity (Wildman–Crippen MR) is 74.7 cm³/mol. The second-order valence-electron chi connectivity index (χ2n) is 3.82. The van der Waals surface area contributed by atoms with Crippen molar-refractivity contribution in [1.82, 2.24) is 0 Å². The van der Waals surface area contributed by atoms with Gasteiger partial charge in [0.1, 0.15) is 5.82 Å². The summed E-state index contributed by atoms with van der Waals surface area (Å²) in [5.74, 6) is -1.50. The van der Waals surface area contributed by atoms with Crippen molar-refractivity contribution >= 4 is 28.7 Å². The molecule has 2 rings (SSSR count). The monoisotopic (exact) mass is 291 g/mol. The number of benzene rings is 2. The number of para-hydroxylation sites is 1. The number of carbonyl (C=O) groups is 2. The Kier molecular flexibility index (Phi) is 4.37. The molecule has 0 fully saturated rings. The van der Waals surface area contributed by atoms with Crippen molar-refractivity contribution in [3.63, 3.8) is 0 Å². The number of thioether (sulfide) groups is 1. The van der Waals surface area contributed by atoms with E-state index in [1.807, 2.05) is 0 Å². The van der Waals surface area contributed by atoms with E-state index in [4.69, 9.17) is 5.11 Å². The molecule has 4 nitrogen and oxygen atoms in total. The molecular formula is C14H10FNO3S. The Morgan fingerprint density at radius 3 is 2.35 bits per heavy atom. The number of nitrogens with one attached hydrogen (secondary N) is 1. The second-order valence-corrected chi connectivity index (χ2v) is 4.87. The van der Waals surface area contributed by atoms with Gasteiger partial charge in [0.05, 0.1) is 11.3 Å². The van der Waals surface area contributed by atoms with Crippen LogP contribution in [0.5, 0.6) is 0 Å². The second kappa shape index (κ2) is 6.21. The van der Waals surface area contributed by atoms with Crippen LogP contribution in [0.3, 0.4) is 0 Å². The molecule has 0 bridgehead atoms. The van der Waals surface area contributed by atoms with Crippen LogP contribution in [0.25, 0.3) is 0 Å². The minimum absolute atomic E-state index is 0.0144. The molecule has 0 radical (unpaired) electrons. The summed E-state index contributed by atoms with van der Waals surface area (Å²) in [5.41, 5.74) is 0.236. The standard InChI is InChI=1S/C14H10FNO3S/c15-9-5-7-10(8-6-9)20-14(19)16-12-4-2-1-3-11(12)13(17)18/h1-8H,(H,16,19)(H,17,18). The van der Waals surface area contributed by atoms with Gasteiger partial charge in [-0.15, -0.1) is 0 Å². The van der Waals surface area contributed by atoms with Gasteiger partial charge in [-0.2, -0.15) is 0 Å². The van der Waals surface area contributed by atoms with Crippen LogP contribution in [0.15, 0.2) is 53.4 Å². The zero-order valence-electron chi connectivity index (χ0n) is 10.2. The van der Waals surface area contributed by atoms with E-state index in [1.54, 1.807) is 12.1 Å². The molecule has 0 unspecified atom stereocenters. The van der Waals surface area contributed by atoms with Crippen molar-refractivity contribution in [2.45, 2.75) is 4.90 Å². The highest BCUT2D eigenvalue weighted by atomic mass is 32.2. The molecule has 20 heavy (non-hydrogen) atoms. The molecule has 2 N–H and O–H groups in total. The van der Waals surface area contributed by atoms with E-state index in [9.17, 15) is 14.0 Å². The minimum atomic E-state index is -1.12. The number of carboxylic acids is 1. The normalized spacial score (nSPS) is 10.1. The lowest BCUT2D eigenvalue weighted by Gasteiger charge is -2.07. The van der Waals surface area contributed by atoms with E-state index < -0.39 is 11.2 Å². The van der Waals surface area contributed by atoms with Gasteiger partial charge in [0.15, 0.2) is 0 Å². The lowest BCUT2D eigenvalue weighted by Crippen LogP contribution is -2.09. The van der Waals surface area contributed by atoms with Crippen LogP contribution >= 0.6 is 11.8 Å². The van der Waals surface area contributed by atoms with Gasteiger partial charge in [0.2, 0.25) is 0 Å². The molecule has 0 saturated carbocycles. The molecule has 0 spiro atoms. The van der Waals surface area contributed by atoms with Crippen LogP contribution in [0, 0.1) is 5.82 Å². The third-order valence-electron chi connectivity index (χ3n) is 2.42. The van der Waals surface area contributed by atoms with E-state index in [2.05, 4.69) is 5.32 Å². The van der Waals surface area contributed by atoms with Gasteiger partial charge in [-0.25, -0.2) is 9.18 Å². The average Bonchev–Trinajstić information content (AvgIpc) is 2.41. The van der Waals surface area contributed by atoms with Crippen LogP contribution in [0.4, 0.5) is 14.9 Å². The van der Waals surface area contributed by atoms with E-state index in [1.165, 1.54) is 36.4 Å². The fraction of sp³-hybridized carbons (Fsp3) is 0. The molecule has 0 aliphatic rings. The number of rotatable bonds is 3. The first-order valence-electron chi connectivity index (χ1n) is 5.63. The number of hydrogen-bond acceptors (Lipinski definition) is 3. The van der Waals surface area contributed by atoms with Crippen LogP contribution in [-0.4, -0.2) is 16.3 Å². The summed E-state index contributed by atoms with van der Waals surface area (Å²) < 4.78 is 12.7. The Bertz CT molecular complexity index is 643. The molecule has 0 heterocycles. The van der Waals surface area contributed by atoms with Crippen molar-refractivity contribution in [2.75, 3.05) is 5.32 Å². The van der Waals surface area contributed by atoms with Crippen molar-refractivity contribution < 1.29 is 19.1 Å². The average molecular weight is 291 g/mol.